The van der Waals surface area contributed by atoms with Gasteiger partial charge in [0.15, 0.2) is 0 Å². The van der Waals surface area contributed by atoms with Gasteiger partial charge in [0, 0.05) is 12.6 Å². The topological polar surface area (TPSA) is 30.5 Å². The minimum absolute atomic E-state index is 0.836. The highest BCUT2D eigenvalue weighted by Crippen LogP contribution is 2.28. The largest absolute Gasteiger partial charge is 0.497 e. The van der Waals surface area contributed by atoms with E-state index in [1.165, 1.54) is 12.0 Å². The monoisotopic (exact) mass is 285 g/mol. The summed E-state index contributed by atoms with van der Waals surface area (Å²) in [5, 5.41) is 3.42. The van der Waals surface area contributed by atoms with E-state index in [1.807, 2.05) is 18.2 Å². The van der Waals surface area contributed by atoms with Crippen molar-refractivity contribution in [2.24, 2.45) is 0 Å². The van der Waals surface area contributed by atoms with Crippen LogP contribution in [0.1, 0.15) is 18.4 Å². The van der Waals surface area contributed by atoms with Crippen LogP contribution in [0.25, 0.3) is 0 Å². The molecule has 3 heteroatoms. The van der Waals surface area contributed by atoms with Crippen LogP contribution in [0.3, 0.4) is 0 Å². The number of methoxy groups -OCH3 is 2. The molecule has 0 radical (unpaired) electrons. The zero-order valence-electron chi connectivity index (χ0n) is 12.8. The van der Waals surface area contributed by atoms with E-state index in [1.54, 1.807) is 14.2 Å². The number of hydrogen-bond donors (Lipinski definition) is 1. The van der Waals surface area contributed by atoms with Crippen molar-refractivity contribution in [3.05, 3.63) is 54.1 Å². The molecule has 112 valence electrons. The maximum absolute atomic E-state index is 5.35. The molecule has 2 aromatic carbocycles. The molecule has 2 rings (SSSR count). The summed E-state index contributed by atoms with van der Waals surface area (Å²) in [6.45, 7) is 0.927. The fraction of sp³-hybridized carbons (Fsp3) is 0.333. The van der Waals surface area contributed by atoms with Gasteiger partial charge in [-0.05, 0) is 37.0 Å². The van der Waals surface area contributed by atoms with Gasteiger partial charge in [-0.1, -0.05) is 30.3 Å². The highest BCUT2D eigenvalue weighted by Gasteiger charge is 2.04. The summed E-state index contributed by atoms with van der Waals surface area (Å²) < 4.78 is 10.6. The van der Waals surface area contributed by atoms with Gasteiger partial charge in [-0.15, -0.1) is 0 Å². The molecule has 0 aliphatic carbocycles. The molecule has 0 aromatic heterocycles. The number of nitrogens with one attached hydrogen (secondary N) is 1. The van der Waals surface area contributed by atoms with Crippen molar-refractivity contribution in [2.75, 3.05) is 26.1 Å². The van der Waals surface area contributed by atoms with Crippen molar-refractivity contribution in [3.8, 4) is 11.5 Å². The summed E-state index contributed by atoms with van der Waals surface area (Å²) >= 11 is 0. The van der Waals surface area contributed by atoms with Gasteiger partial charge in [-0.3, -0.25) is 0 Å². The lowest BCUT2D eigenvalue weighted by Gasteiger charge is -2.12. The summed E-state index contributed by atoms with van der Waals surface area (Å²) in [5.74, 6) is 1.68. The van der Waals surface area contributed by atoms with Crippen LogP contribution in [-0.4, -0.2) is 20.8 Å². The number of anilines is 1. The van der Waals surface area contributed by atoms with Gasteiger partial charge in [0.25, 0.3) is 0 Å². The summed E-state index contributed by atoms with van der Waals surface area (Å²) in [6.07, 6.45) is 3.41. The predicted octanol–water partition coefficient (Wildman–Crippen LogP) is 4.14. The number of ether oxygens (including phenoxy) is 2. The van der Waals surface area contributed by atoms with E-state index in [0.717, 1.165) is 36.6 Å². The Morgan fingerprint density at radius 1 is 0.905 bits per heavy atom. The van der Waals surface area contributed by atoms with E-state index < -0.39 is 0 Å². The first-order chi connectivity index (χ1) is 10.3. The first-order valence-corrected chi connectivity index (χ1v) is 7.33. The third-order valence-electron chi connectivity index (χ3n) is 3.46. The molecule has 2 aromatic rings. The van der Waals surface area contributed by atoms with Gasteiger partial charge in [0.2, 0.25) is 0 Å². The fourth-order valence-electron chi connectivity index (χ4n) is 2.27. The van der Waals surface area contributed by atoms with Crippen molar-refractivity contribution < 1.29 is 9.47 Å². The van der Waals surface area contributed by atoms with Crippen LogP contribution in [0.5, 0.6) is 11.5 Å². The van der Waals surface area contributed by atoms with Crippen molar-refractivity contribution in [2.45, 2.75) is 19.3 Å². The molecular weight excluding hydrogens is 262 g/mol. The number of aryl methyl sites for hydroxylation is 1. The Hall–Kier alpha value is -2.16. The molecule has 0 amide bonds. The molecule has 0 heterocycles. The van der Waals surface area contributed by atoms with Gasteiger partial charge in [0.1, 0.15) is 11.5 Å². The molecule has 0 atom stereocenters. The lowest BCUT2D eigenvalue weighted by Crippen LogP contribution is -2.04. The fourth-order valence-corrected chi connectivity index (χ4v) is 2.27. The maximum Gasteiger partial charge on any atom is 0.142 e. The minimum Gasteiger partial charge on any atom is -0.497 e. The average Bonchev–Trinajstić information content (AvgIpc) is 2.55. The van der Waals surface area contributed by atoms with Crippen LogP contribution in [0, 0.1) is 0 Å². The van der Waals surface area contributed by atoms with Crippen molar-refractivity contribution >= 4 is 5.69 Å². The number of rotatable bonds is 8. The number of hydrogen-bond acceptors (Lipinski definition) is 3. The van der Waals surface area contributed by atoms with Gasteiger partial charge in [-0.2, -0.15) is 0 Å². The molecule has 0 aliphatic heterocycles. The van der Waals surface area contributed by atoms with Crippen LogP contribution < -0.4 is 14.8 Å². The second kappa shape index (κ2) is 8.20. The minimum atomic E-state index is 0.836. The first kappa shape index (κ1) is 15.2. The second-order valence-corrected chi connectivity index (χ2v) is 4.94. The molecule has 0 bridgehead atoms. The quantitative estimate of drug-likeness (QED) is 0.739. The van der Waals surface area contributed by atoms with Crippen LogP contribution in [0.2, 0.25) is 0 Å². The van der Waals surface area contributed by atoms with Crippen LogP contribution in [0.15, 0.2) is 48.5 Å². The smallest absolute Gasteiger partial charge is 0.142 e. The maximum atomic E-state index is 5.35. The molecule has 3 nitrogen and oxygen atoms in total. The molecule has 0 spiro atoms. The Morgan fingerprint density at radius 2 is 1.71 bits per heavy atom. The molecule has 0 aliphatic rings. The Kier molecular flexibility index (Phi) is 5.95. The molecule has 1 N–H and O–H groups in total. The SMILES string of the molecule is COc1ccc(OC)c(NCCCCc2ccccc2)c1. The van der Waals surface area contributed by atoms with Crippen molar-refractivity contribution in [1.82, 2.24) is 0 Å². The second-order valence-electron chi connectivity index (χ2n) is 4.94. The van der Waals surface area contributed by atoms with Gasteiger partial charge >= 0.3 is 0 Å². The average molecular weight is 285 g/mol. The van der Waals surface area contributed by atoms with Gasteiger partial charge < -0.3 is 14.8 Å². The standard InChI is InChI=1S/C18H23NO2/c1-20-16-11-12-18(21-2)17(14-16)19-13-7-6-10-15-8-4-3-5-9-15/h3-5,8-9,11-12,14,19H,6-7,10,13H2,1-2H3. The summed E-state index contributed by atoms with van der Waals surface area (Å²) in [6, 6.07) is 16.4. The van der Waals surface area contributed by atoms with Crippen LogP contribution >= 0.6 is 0 Å². The van der Waals surface area contributed by atoms with E-state index >= 15 is 0 Å². The summed E-state index contributed by atoms with van der Waals surface area (Å²) in [4.78, 5) is 0. The number of unbranched alkanes of at least 4 members (excludes halogenated alkanes) is 1. The predicted molar refractivity (Wildman–Crippen MR) is 87.4 cm³/mol. The van der Waals surface area contributed by atoms with E-state index in [0.29, 0.717) is 0 Å². The van der Waals surface area contributed by atoms with Crippen LogP contribution in [0.4, 0.5) is 5.69 Å². The van der Waals surface area contributed by atoms with Crippen LogP contribution in [-0.2, 0) is 6.42 Å². The van der Waals surface area contributed by atoms with E-state index in [-0.39, 0.29) is 0 Å². The molecular formula is C18H23NO2. The lowest BCUT2D eigenvalue weighted by atomic mass is 10.1. The third kappa shape index (κ3) is 4.71. The van der Waals surface area contributed by atoms with Crippen molar-refractivity contribution in [1.29, 1.82) is 0 Å². The third-order valence-corrected chi connectivity index (χ3v) is 3.46. The first-order valence-electron chi connectivity index (χ1n) is 7.33. The normalized spacial score (nSPS) is 10.2. The molecule has 21 heavy (non-hydrogen) atoms. The Bertz CT molecular complexity index is 540. The summed E-state index contributed by atoms with van der Waals surface area (Å²) in [5.41, 5.74) is 2.38. The van der Waals surface area contributed by atoms with E-state index in [4.69, 9.17) is 9.47 Å². The Labute approximate surface area is 126 Å². The summed E-state index contributed by atoms with van der Waals surface area (Å²) in [7, 11) is 3.36. The van der Waals surface area contributed by atoms with Gasteiger partial charge in [-0.25, -0.2) is 0 Å². The zero-order chi connectivity index (χ0) is 14.9. The lowest BCUT2D eigenvalue weighted by molar-refractivity contribution is 0.404. The molecule has 0 saturated heterocycles. The molecule has 0 unspecified atom stereocenters. The molecule has 0 fully saturated rings. The number of benzene rings is 2. The van der Waals surface area contributed by atoms with E-state index in [2.05, 4.69) is 35.6 Å². The molecule has 0 saturated carbocycles. The zero-order valence-corrected chi connectivity index (χ0v) is 12.8. The Balaban J connectivity index is 1.78. The van der Waals surface area contributed by atoms with Crippen molar-refractivity contribution in [3.63, 3.8) is 0 Å². The van der Waals surface area contributed by atoms with Gasteiger partial charge in [0.05, 0.1) is 19.9 Å². The van der Waals surface area contributed by atoms with E-state index in [9.17, 15) is 0 Å². The Morgan fingerprint density at radius 3 is 2.43 bits per heavy atom. The highest BCUT2D eigenvalue weighted by atomic mass is 16.5. The highest BCUT2D eigenvalue weighted by molar-refractivity contribution is 5.59.